The molecule has 0 atom stereocenters. The van der Waals surface area contributed by atoms with Crippen LogP contribution in [0.15, 0.2) is 17.2 Å². The number of halogens is 4. The van der Waals surface area contributed by atoms with Gasteiger partial charge >= 0.3 is 11.9 Å². The molecule has 0 saturated carbocycles. The molecule has 21 heavy (non-hydrogen) atoms. The molecule has 0 bridgehead atoms. The third-order valence-electron chi connectivity index (χ3n) is 2.08. The first-order valence-electron chi connectivity index (χ1n) is 4.89. The van der Waals surface area contributed by atoms with Crippen LogP contribution in [-0.4, -0.2) is 10.6 Å². The Balaban J connectivity index is 3.42. The summed E-state index contributed by atoms with van der Waals surface area (Å²) >= 11 is 0. The van der Waals surface area contributed by atoms with Crippen LogP contribution in [0.3, 0.4) is 0 Å². The highest BCUT2D eigenvalue weighted by atomic mass is 19.4. The summed E-state index contributed by atoms with van der Waals surface area (Å²) in [5.41, 5.74) is -3.00. The lowest BCUT2D eigenvalue weighted by Crippen LogP contribution is -2.09. The number of alkyl halides is 3. The van der Waals surface area contributed by atoms with Gasteiger partial charge in [-0.3, -0.25) is 15.5 Å². The Labute approximate surface area is 113 Å². The molecule has 11 heteroatoms. The molecule has 1 aromatic carbocycles. The van der Waals surface area contributed by atoms with Gasteiger partial charge in [0.2, 0.25) is 11.5 Å². The van der Waals surface area contributed by atoms with Crippen molar-refractivity contribution >= 4 is 17.1 Å². The molecule has 0 spiro atoms. The fraction of sp³-hybridized carbons (Fsp3) is 0.100. The van der Waals surface area contributed by atoms with Gasteiger partial charge < -0.3 is 0 Å². The van der Waals surface area contributed by atoms with Crippen LogP contribution in [0.2, 0.25) is 0 Å². The van der Waals surface area contributed by atoms with E-state index in [2.05, 4.69) is 5.10 Å². The van der Waals surface area contributed by atoms with Gasteiger partial charge in [-0.2, -0.15) is 33.2 Å². The van der Waals surface area contributed by atoms with Crippen LogP contribution < -0.4 is 5.43 Å². The molecule has 0 fully saturated rings. The summed E-state index contributed by atoms with van der Waals surface area (Å²) < 4.78 is 51.3. The molecule has 0 heterocycles. The van der Waals surface area contributed by atoms with Crippen LogP contribution in [0, 0.1) is 38.6 Å². The molecular formula is C10H3F4N5O2. The van der Waals surface area contributed by atoms with Gasteiger partial charge in [-0.05, 0) is 6.07 Å². The fourth-order valence-electron chi connectivity index (χ4n) is 1.18. The molecule has 1 N–H and O–H groups in total. The van der Waals surface area contributed by atoms with Crippen molar-refractivity contribution in [3.63, 3.8) is 0 Å². The van der Waals surface area contributed by atoms with Crippen LogP contribution in [0.5, 0.6) is 0 Å². The maximum atomic E-state index is 13.6. The first kappa shape index (κ1) is 15.8. The van der Waals surface area contributed by atoms with E-state index in [0.717, 1.165) is 0 Å². The van der Waals surface area contributed by atoms with Gasteiger partial charge in [0.1, 0.15) is 12.1 Å². The number of nitro benzene ring substituents is 1. The van der Waals surface area contributed by atoms with Crippen LogP contribution in [-0.2, 0) is 6.18 Å². The van der Waals surface area contributed by atoms with Gasteiger partial charge in [-0.1, -0.05) is 0 Å². The molecule has 0 aliphatic heterocycles. The van der Waals surface area contributed by atoms with E-state index < -0.39 is 39.6 Å². The Kier molecular flexibility index (Phi) is 4.40. The number of anilines is 1. The van der Waals surface area contributed by atoms with Gasteiger partial charge in [0.15, 0.2) is 0 Å². The average molecular weight is 301 g/mol. The van der Waals surface area contributed by atoms with E-state index in [-0.39, 0.29) is 12.1 Å². The zero-order valence-electron chi connectivity index (χ0n) is 9.77. The number of nitrogens with zero attached hydrogens (tertiary/aromatic N) is 4. The SMILES string of the molecule is N#CC(C#N)=NNc1cc(C(F)(F)F)cc([N+](=O)[O-])c1F. The maximum absolute atomic E-state index is 13.6. The summed E-state index contributed by atoms with van der Waals surface area (Å²) in [6, 6.07) is 2.80. The summed E-state index contributed by atoms with van der Waals surface area (Å²) in [5, 5.41) is 30.3. The molecule has 0 aromatic heterocycles. The van der Waals surface area contributed by atoms with Crippen LogP contribution in [0.25, 0.3) is 0 Å². The van der Waals surface area contributed by atoms with E-state index in [1.54, 1.807) is 5.43 Å². The van der Waals surface area contributed by atoms with Crippen molar-refractivity contribution < 1.29 is 22.5 Å². The molecule has 7 nitrogen and oxygen atoms in total. The molecule has 1 aromatic rings. The lowest BCUT2D eigenvalue weighted by atomic mass is 10.1. The van der Waals surface area contributed by atoms with E-state index in [4.69, 9.17) is 10.5 Å². The predicted octanol–water partition coefficient (Wildman–Crippen LogP) is 2.57. The van der Waals surface area contributed by atoms with Crippen molar-refractivity contribution in [3.05, 3.63) is 33.6 Å². The van der Waals surface area contributed by atoms with E-state index in [9.17, 15) is 27.7 Å². The second kappa shape index (κ2) is 5.83. The number of nitriles is 2. The van der Waals surface area contributed by atoms with E-state index in [1.165, 1.54) is 12.1 Å². The van der Waals surface area contributed by atoms with E-state index in [1.807, 2.05) is 0 Å². The third kappa shape index (κ3) is 3.63. The molecule has 0 aliphatic rings. The Morgan fingerprint density at radius 3 is 2.33 bits per heavy atom. The van der Waals surface area contributed by atoms with Gasteiger partial charge in [-0.15, -0.1) is 0 Å². The minimum absolute atomic E-state index is 0.0275. The molecule has 0 saturated heterocycles. The van der Waals surface area contributed by atoms with Crippen LogP contribution in [0.1, 0.15) is 5.56 Å². The Morgan fingerprint density at radius 2 is 1.90 bits per heavy atom. The smallest absolute Gasteiger partial charge is 0.273 e. The highest BCUT2D eigenvalue weighted by Crippen LogP contribution is 2.36. The van der Waals surface area contributed by atoms with Crippen molar-refractivity contribution in [1.29, 1.82) is 10.5 Å². The number of benzene rings is 1. The van der Waals surface area contributed by atoms with Gasteiger partial charge in [0, 0.05) is 6.07 Å². The molecule has 1 rings (SSSR count). The van der Waals surface area contributed by atoms with Gasteiger partial charge in [-0.25, -0.2) is 0 Å². The number of hydrogen-bond acceptors (Lipinski definition) is 6. The minimum Gasteiger partial charge on any atom is -0.273 e. The van der Waals surface area contributed by atoms with E-state index in [0.29, 0.717) is 0 Å². The Bertz CT molecular complexity index is 683. The highest BCUT2D eigenvalue weighted by molar-refractivity contribution is 6.10. The summed E-state index contributed by atoms with van der Waals surface area (Å²) in [5.74, 6) is -1.60. The molecule has 0 aliphatic carbocycles. The molecule has 0 unspecified atom stereocenters. The number of rotatable bonds is 3. The second-order valence-corrected chi connectivity index (χ2v) is 3.41. The number of nitrogens with one attached hydrogen (secondary N) is 1. The topological polar surface area (TPSA) is 115 Å². The number of hydrogen-bond donors (Lipinski definition) is 1. The van der Waals surface area contributed by atoms with Crippen molar-refractivity contribution in [3.8, 4) is 12.1 Å². The minimum atomic E-state index is -4.95. The molecule has 108 valence electrons. The summed E-state index contributed by atoms with van der Waals surface area (Å²) in [6.45, 7) is 0. The summed E-state index contributed by atoms with van der Waals surface area (Å²) in [4.78, 5) is 9.20. The summed E-state index contributed by atoms with van der Waals surface area (Å²) in [7, 11) is 0. The van der Waals surface area contributed by atoms with Gasteiger partial charge in [0.05, 0.1) is 16.2 Å². The summed E-state index contributed by atoms with van der Waals surface area (Å²) in [6.07, 6.45) is -4.95. The number of hydrazone groups is 1. The van der Waals surface area contributed by atoms with Crippen molar-refractivity contribution in [2.24, 2.45) is 5.10 Å². The maximum Gasteiger partial charge on any atom is 0.416 e. The van der Waals surface area contributed by atoms with Crippen LogP contribution >= 0.6 is 0 Å². The third-order valence-corrected chi connectivity index (χ3v) is 2.08. The lowest BCUT2D eigenvalue weighted by Gasteiger charge is -2.09. The first-order valence-corrected chi connectivity index (χ1v) is 4.89. The Morgan fingerprint density at radius 1 is 1.33 bits per heavy atom. The van der Waals surface area contributed by atoms with Crippen LogP contribution in [0.4, 0.5) is 28.9 Å². The second-order valence-electron chi connectivity index (χ2n) is 3.41. The zero-order chi connectivity index (χ0) is 16.2. The quantitative estimate of drug-likeness (QED) is 0.398. The first-order chi connectivity index (χ1) is 9.70. The Hall–Kier alpha value is -3.21. The predicted molar refractivity (Wildman–Crippen MR) is 60.3 cm³/mol. The average Bonchev–Trinajstić information content (AvgIpc) is 2.39. The lowest BCUT2D eigenvalue weighted by molar-refractivity contribution is -0.387. The van der Waals surface area contributed by atoms with E-state index >= 15 is 0 Å². The van der Waals surface area contributed by atoms with Gasteiger partial charge in [0.25, 0.3) is 0 Å². The number of nitro groups is 1. The molecule has 0 amide bonds. The largest absolute Gasteiger partial charge is 0.416 e. The highest BCUT2D eigenvalue weighted by Gasteiger charge is 2.35. The zero-order valence-corrected chi connectivity index (χ0v) is 9.77. The fourth-order valence-corrected chi connectivity index (χ4v) is 1.18. The van der Waals surface area contributed by atoms with Crippen molar-refractivity contribution in [1.82, 2.24) is 0 Å². The van der Waals surface area contributed by atoms with Crippen molar-refractivity contribution in [2.75, 3.05) is 5.43 Å². The monoisotopic (exact) mass is 301 g/mol. The normalized spacial score (nSPS) is 10.2. The molecule has 0 radical (unpaired) electrons. The molecular weight excluding hydrogens is 298 g/mol. The standard InChI is InChI=1S/C10H3F4N5O2/c11-9-7(18-17-6(3-15)4-16)1-5(10(12,13)14)2-8(9)19(20)21/h1-2,18H. The van der Waals surface area contributed by atoms with Crippen molar-refractivity contribution in [2.45, 2.75) is 6.18 Å².